The van der Waals surface area contributed by atoms with Crippen LogP contribution in [0.1, 0.15) is 68.7 Å². The summed E-state index contributed by atoms with van der Waals surface area (Å²) in [5, 5.41) is 0. The summed E-state index contributed by atoms with van der Waals surface area (Å²) in [7, 11) is 1.21. The van der Waals surface area contributed by atoms with Crippen LogP contribution >= 0.6 is 0 Å². The van der Waals surface area contributed by atoms with Gasteiger partial charge in [0.15, 0.2) is 5.54 Å². The van der Waals surface area contributed by atoms with Gasteiger partial charge in [-0.1, -0.05) is 0 Å². The maximum absolute atomic E-state index is 13.8. The van der Waals surface area contributed by atoms with E-state index in [0.29, 0.717) is 11.3 Å². The summed E-state index contributed by atoms with van der Waals surface area (Å²) in [6.45, 7) is 14.6. The lowest BCUT2D eigenvalue weighted by molar-refractivity contribution is -0.147. The molecule has 192 valence electrons. The largest absolute Gasteiger partial charge is 0.444 e. The van der Waals surface area contributed by atoms with E-state index in [1.54, 1.807) is 62.3 Å². The van der Waals surface area contributed by atoms with Crippen LogP contribution in [0.4, 0.5) is 14.4 Å². The zero-order valence-corrected chi connectivity index (χ0v) is 21.8. The van der Waals surface area contributed by atoms with Crippen LogP contribution in [0.15, 0.2) is 0 Å². The molecule has 0 N–H and O–H groups in total. The van der Waals surface area contributed by atoms with Gasteiger partial charge in [-0.25, -0.2) is 24.2 Å². The Balaban J connectivity index is 2.50. The number of carbonyl (C=O) groups excluding carboxylic acids is 5. The fourth-order valence-electron chi connectivity index (χ4n) is 3.95. The minimum Gasteiger partial charge on any atom is -0.444 e. The van der Waals surface area contributed by atoms with Crippen molar-refractivity contribution in [3.63, 3.8) is 0 Å². The van der Waals surface area contributed by atoms with Crippen molar-refractivity contribution in [1.29, 1.82) is 0 Å². The highest BCUT2D eigenvalue weighted by Crippen LogP contribution is 2.54. The van der Waals surface area contributed by atoms with Crippen molar-refractivity contribution in [2.45, 2.75) is 97.1 Å². The molecule has 1 heterocycles. The van der Waals surface area contributed by atoms with Gasteiger partial charge in [-0.05, 0) is 68.7 Å². The molecular formula is C23H37N3O8. The van der Waals surface area contributed by atoms with Crippen molar-refractivity contribution in [3.05, 3.63) is 0 Å². The lowest BCUT2D eigenvalue weighted by Crippen LogP contribution is -2.65. The first-order valence-corrected chi connectivity index (χ1v) is 11.2. The van der Waals surface area contributed by atoms with E-state index in [4.69, 9.17) is 14.2 Å². The first kappa shape index (κ1) is 27.4. The molecule has 2 rings (SSSR count). The quantitative estimate of drug-likeness (QED) is 0.443. The fraction of sp³-hybridized carbons (Fsp3) is 0.783. The normalized spacial score (nSPS) is 24.0. The van der Waals surface area contributed by atoms with Gasteiger partial charge < -0.3 is 19.1 Å². The van der Waals surface area contributed by atoms with E-state index in [9.17, 15) is 24.0 Å². The Morgan fingerprint density at radius 3 is 1.76 bits per heavy atom. The van der Waals surface area contributed by atoms with Crippen molar-refractivity contribution in [2.24, 2.45) is 5.92 Å². The Kier molecular flexibility index (Phi) is 7.04. The monoisotopic (exact) mass is 483 g/mol. The highest BCUT2D eigenvalue weighted by Gasteiger charge is 2.72. The van der Waals surface area contributed by atoms with Crippen LogP contribution in [-0.2, 0) is 23.8 Å². The van der Waals surface area contributed by atoms with E-state index in [-0.39, 0.29) is 13.0 Å². The van der Waals surface area contributed by atoms with Crippen LogP contribution < -0.4 is 0 Å². The molecule has 1 saturated heterocycles. The van der Waals surface area contributed by atoms with Gasteiger partial charge in [0, 0.05) is 19.0 Å². The summed E-state index contributed by atoms with van der Waals surface area (Å²) >= 11 is 0. The standard InChI is InChI=1S/C23H37N3O8/c1-20(2,3)32-17(29)24(10)16(28)23(26(13-27)19(31)34-22(7,8)9)12-25(15-11-14(15)23)18(30)33-21(4,5)6/h13-15H,11-12H2,1-10H3. The van der Waals surface area contributed by atoms with Gasteiger partial charge in [-0.3, -0.25) is 9.59 Å². The highest BCUT2D eigenvalue weighted by molar-refractivity contribution is 6.03. The Bertz CT molecular complexity index is 867. The Morgan fingerprint density at radius 2 is 1.32 bits per heavy atom. The Morgan fingerprint density at radius 1 is 0.853 bits per heavy atom. The number of fused-ring (bicyclic) bond motifs is 1. The van der Waals surface area contributed by atoms with Crippen molar-refractivity contribution in [2.75, 3.05) is 13.6 Å². The molecule has 1 aliphatic heterocycles. The minimum absolute atomic E-state index is 0.211. The molecule has 0 aromatic rings. The summed E-state index contributed by atoms with van der Waals surface area (Å²) in [5.74, 6) is -1.44. The predicted octanol–water partition coefficient (Wildman–Crippen LogP) is 3.15. The molecule has 1 aliphatic carbocycles. The molecule has 34 heavy (non-hydrogen) atoms. The van der Waals surface area contributed by atoms with E-state index < -0.39 is 58.5 Å². The number of likely N-dealkylation sites (N-methyl/N-ethyl adjacent to an activating group) is 1. The zero-order chi connectivity index (χ0) is 26.4. The topological polar surface area (TPSA) is 123 Å². The molecule has 2 fully saturated rings. The second-order valence-electron chi connectivity index (χ2n) is 11.7. The van der Waals surface area contributed by atoms with Crippen LogP contribution in [0.3, 0.4) is 0 Å². The van der Waals surface area contributed by atoms with Gasteiger partial charge in [0.05, 0.1) is 6.54 Å². The maximum Gasteiger partial charge on any atom is 0.417 e. The van der Waals surface area contributed by atoms with Gasteiger partial charge in [0.2, 0.25) is 6.41 Å². The van der Waals surface area contributed by atoms with Gasteiger partial charge >= 0.3 is 18.3 Å². The molecule has 0 aromatic carbocycles. The number of ether oxygens (including phenoxy) is 3. The number of carbonyl (C=O) groups is 5. The molecule has 11 nitrogen and oxygen atoms in total. The SMILES string of the molecule is CN(C(=O)OC(C)(C)C)C(=O)C1(N(C=O)C(=O)OC(C)(C)C)CN(C(=O)OC(C)(C)C)C2CC21. The summed E-state index contributed by atoms with van der Waals surface area (Å²) in [4.78, 5) is 67.3. The molecule has 1 saturated carbocycles. The average Bonchev–Trinajstić information content (AvgIpc) is 3.34. The molecular weight excluding hydrogens is 446 g/mol. The molecule has 11 heteroatoms. The van der Waals surface area contributed by atoms with Crippen LogP contribution in [-0.4, -0.2) is 87.3 Å². The number of imide groups is 2. The van der Waals surface area contributed by atoms with Crippen molar-refractivity contribution < 1.29 is 38.2 Å². The lowest BCUT2D eigenvalue weighted by Gasteiger charge is -2.40. The van der Waals surface area contributed by atoms with Crippen LogP contribution in [0.5, 0.6) is 0 Å². The molecule has 0 bridgehead atoms. The van der Waals surface area contributed by atoms with E-state index in [1.165, 1.54) is 11.9 Å². The summed E-state index contributed by atoms with van der Waals surface area (Å²) < 4.78 is 16.2. The first-order chi connectivity index (χ1) is 15.2. The predicted molar refractivity (Wildman–Crippen MR) is 121 cm³/mol. The second kappa shape index (κ2) is 8.74. The second-order valence-corrected chi connectivity index (χ2v) is 11.7. The van der Waals surface area contributed by atoms with Gasteiger partial charge in [-0.2, -0.15) is 0 Å². The summed E-state index contributed by atoms with van der Waals surface area (Å²) in [5.41, 5.74) is -4.47. The summed E-state index contributed by atoms with van der Waals surface area (Å²) in [6.07, 6.45) is -2.11. The van der Waals surface area contributed by atoms with E-state index in [0.717, 1.165) is 4.90 Å². The number of rotatable bonds is 3. The van der Waals surface area contributed by atoms with Gasteiger partial charge in [-0.15, -0.1) is 0 Å². The Labute approximate surface area is 200 Å². The fourth-order valence-corrected chi connectivity index (χ4v) is 3.95. The molecule has 3 unspecified atom stereocenters. The highest BCUT2D eigenvalue weighted by atomic mass is 16.6. The molecule has 0 aromatic heterocycles. The molecule has 3 atom stereocenters. The smallest absolute Gasteiger partial charge is 0.417 e. The lowest BCUT2D eigenvalue weighted by atomic mass is 9.91. The third-order valence-electron chi connectivity index (χ3n) is 5.28. The maximum atomic E-state index is 13.8. The van der Waals surface area contributed by atoms with Crippen LogP contribution in [0.25, 0.3) is 0 Å². The number of likely N-dealkylation sites (tertiary alicyclic amines) is 1. The number of piperidine rings is 1. The molecule has 0 radical (unpaired) electrons. The van der Waals surface area contributed by atoms with Crippen molar-refractivity contribution in [3.8, 4) is 0 Å². The van der Waals surface area contributed by atoms with E-state index in [2.05, 4.69) is 0 Å². The Hall–Kier alpha value is -2.85. The first-order valence-electron chi connectivity index (χ1n) is 11.2. The summed E-state index contributed by atoms with van der Waals surface area (Å²) in [6, 6.07) is -0.435. The minimum atomic E-state index is -1.85. The molecule has 0 spiro atoms. The number of amides is 5. The zero-order valence-electron chi connectivity index (χ0n) is 21.8. The number of hydrogen-bond donors (Lipinski definition) is 0. The molecule has 2 aliphatic rings. The van der Waals surface area contributed by atoms with Crippen molar-refractivity contribution >= 4 is 30.6 Å². The average molecular weight is 484 g/mol. The van der Waals surface area contributed by atoms with E-state index in [1.807, 2.05) is 0 Å². The third kappa shape index (κ3) is 5.79. The van der Waals surface area contributed by atoms with Crippen LogP contribution in [0.2, 0.25) is 0 Å². The third-order valence-corrected chi connectivity index (χ3v) is 5.28. The van der Waals surface area contributed by atoms with Gasteiger partial charge in [0.1, 0.15) is 16.8 Å². The molecule has 5 amide bonds. The van der Waals surface area contributed by atoms with Gasteiger partial charge in [0.25, 0.3) is 5.91 Å². The van der Waals surface area contributed by atoms with Crippen molar-refractivity contribution in [1.82, 2.24) is 14.7 Å². The van der Waals surface area contributed by atoms with E-state index >= 15 is 0 Å². The number of hydrogen-bond acceptors (Lipinski definition) is 8. The number of nitrogens with zero attached hydrogens (tertiary/aromatic N) is 3. The van der Waals surface area contributed by atoms with Crippen LogP contribution in [0, 0.1) is 5.92 Å².